The predicted octanol–water partition coefficient (Wildman–Crippen LogP) is 5.08. The minimum atomic E-state index is -0.217. The summed E-state index contributed by atoms with van der Waals surface area (Å²) in [5.74, 6) is 0.662. The van der Waals surface area contributed by atoms with Crippen molar-refractivity contribution >= 4 is 34.6 Å². The summed E-state index contributed by atoms with van der Waals surface area (Å²) in [6.07, 6.45) is 12.5. The molecule has 0 saturated heterocycles. The third-order valence-corrected chi connectivity index (χ3v) is 8.80. The van der Waals surface area contributed by atoms with E-state index in [0.29, 0.717) is 68.8 Å². The van der Waals surface area contributed by atoms with Crippen LogP contribution in [0, 0.1) is 50.4 Å². The lowest BCUT2D eigenvalue weighted by molar-refractivity contribution is 0.0984. The first kappa shape index (κ1) is 41.1. The molecule has 0 spiro atoms. The van der Waals surface area contributed by atoms with E-state index in [-0.39, 0.29) is 23.2 Å². The van der Waals surface area contributed by atoms with Crippen LogP contribution in [-0.4, -0.2) is 88.6 Å². The maximum atomic E-state index is 12.9. The van der Waals surface area contributed by atoms with E-state index in [1.807, 2.05) is 26.0 Å². The summed E-state index contributed by atoms with van der Waals surface area (Å²) >= 11 is 0. The summed E-state index contributed by atoms with van der Waals surface area (Å²) < 4.78 is 3.17. The van der Waals surface area contributed by atoms with Crippen LogP contribution < -0.4 is 9.80 Å². The van der Waals surface area contributed by atoms with Gasteiger partial charge in [0.1, 0.15) is 18.7 Å². The van der Waals surface area contributed by atoms with Crippen LogP contribution in [0.5, 0.6) is 0 Å². The Labute approximate surface area is 333 Å². The van der Waals surface area contributed by atoms with Gasteiger partial charge in [-0.1, -0.05) is 10.3 Å². The fourth-order valence-corrected chi connectivity index (χ4v) is 5.62. The molecule has 0 aliphatic heterocycles. The molecule has 6 aromatic heterocycles. The lowest BCUT2D eigenvalue weighted by Crippen LogP contribution is -2.26. The summed E-state index contributed by atoms with van der Waals surface area (Å²) in [7, 11) is 3.36. The second-order valence-corrected chi connectivity index (χ2v) is 12.5. The maximum Gasteiger partial charge on any atom is 0.261 e. The lowest BCUT2D eigenvalue weighted by Gasteiger charge is -2.16. The Morgan fingerprint density at radius 1 is 0.741 bits per heavy atom. The van der Waals surface area contributed by atoms with Gasteiger partial charge < -0.3 is 19.8 Å². The minimum Gasteiger partial charge on any atom is -0.410 e. The summed E-state index contributed by atoms with van der Waals surface area (Å²) in [6, 6.07) is 14.4. The Morgan fingerprint density at radius 2 is 1.19 bits per heavy atom. The molecule has 292 valence electrons. The zero-order valence-electron chi connectivity index (χ0n) is 32.7. The van der Waals surface area contributed by atoms with Gasteiger partial charge in [0.15, 0.2) is 23.1 Å². The van der Waals surface area contributed by atoms with Crippen LogP contribution in [0.3, 0.4) is 0 Å². The number of carbonyl (C=O) groups excluding carboxylic acids is 2. The van der Waals surface area contributed by atoms with Crippen LogP contribution in [0.25, 0.3) is 11.6 Å². The van der Waals surface area contributed by atoms with Crippen LogP contribution >= 0.6 is 0 Å². The van der Waals surface area contributed by atoms with Gasteiger partial charge in [-0.2, -0.15) is 20.7 Å². The first-order valence-electron chi connectivity index (χ1n) is 17.6. The average molecular weight is 779 g/mol. The van der Waals surface area contributed by atoms with E-state index in [1.54, 1.807) is 105 Å². The van der Waals surface area contributed by atoms with Gasteiger partial charge in [-0.05, 0) is 82.1 Å². The van der Waals surface area contributed by atoms with E-state index in [9.17, 15) is 14.9 Å². The van der Waals surface area contributed by atoms with Crippen molar-refractivity contribution in [2.75, 3.05) is 30.5 Å². The quantitative estimate of drug-likeness (QED) is 0.109. The number of carbonyl (C=O) groups is 2. The number of oxime groups is 2. The van der Waals surface area contributed by atoms with E-state index in [1.165, 1.54) is 34.6 Å². The maximum absolute atomic E-state index is 12.9. The Morgan fingerprint density at radius 3 is 1.55 bits per heavy atom. The second kappa shape index (κ2) is 18.5. The summed E-state index contributed by atoms with van der Waals surface area (Å²) in [6.45, 7) is 9.39. The fraction of sp³-hybridized carbons (Fsp3) is 0.200. The minimum absolute atomic E-state index is 0.131. The van der Waals surface area contributed by atoms with Crippen molar-refractivity contribution in [2.24, 2.45) is 10.3 Å². The fourth-order valence-electron chi connectivity index (χ4n) is 5.62. The number of rotatable bonds is 10. The zero-order valence-corrected chi connectivity index (χ0v) is 32.7. The van der Waals surface area contributed by atoms with Crippen LogP contribution in [0.2, 0.25) is 0 Å². The number of nitriles is 2. The van der Waals surface area contributed by atoms with E-state index in [2.05, 4.69) is 40.4 Å². The van der Waals surface area contributed by atoms with Gasteiger partial charge in [0.2, 0.25) is 0 Å². The van der Waals surface area contributed by atoms with Crippen molar-refractivity contribution < 1.29 is 19.6 Å². The van der Waals surface area contributed by atoms with Gasteiger partial charge in [-0.15, -0.1) is 0 Å². The molecule has 6 aromatic rings. The first-order valence-corrected chi connectivity index (χ1v) is 17.6. The molecule has 0 saturated carbocycles. The molecule has 6 rings (SSSR count). The van der Waals surface area contributed by atoms with E-state index < -0.39 is 0 Å². The number of hydrogen-bond acceptors (Lipinski definition) is 14. The standard InChI is InChI=1S/C21H21N7O2.C19H17N7O2/c1-5-30-26-19(10-22)16-9-14(2)20(24-11-16)28-15(3)18(13-25-28)21(29)27(4)17-7-6-8-23-12-17;1-12-7-14(17(8-20)24-28)9-22-18(12)26-13(2)16(11-23-26)19(27)25(3)15-5-4-6-21-10-15/h6-9,11-13H,5H2,1-4H3;4-7,9-11,28H,1-3H3/b26-19+;24-17+. The number of anilines is 2. The SMILES string of the molecule is CCO/N=C(\C#N)c1cnc(-n2ncc(C(=O)N(C)c3cccnc3)c2C)c(C)c1.Cc1cc(/C(C#N)=N/O)cnc1-n1ncc(C(=O)N(C)c2cccnc2)c1C. The Balaban J connectivity index is 0.000000221. The molecule has 1 N–H and O–H groups in total. The van der Waals surface area contributed by atoms with Gasteiger partial charge in [0.25, 0.3) is 11.8 Å². The van der Waals surface area contributed by atoms with Gasteiger partial charge in [-0.3, -0.25) is 19.6 Å². The van der Waals surface area contributed by atoms with E-state index >= 15 is 0 Å². The molecule has 6 heterocycles. The number of nitrogens with zero attached hydrogens (tertiary/aromatic N) is 14. The molecule has 0 radical (unpaired) electrons. The predicted molar refractivity (Wildman–Crippen MR) is 213 cm³/mol. The molecule has 0 aromatic carbocycles. The van der Waals surface area contributed by atoms with Gasteiger partial charge >= 0.3 is 0 Å². The topological polar surface area (TPSA) is 230 Å². The third-order valence-electron chi connectivity index (χ3n) is 8.80. The van der Waals surface area contributed by atoms with Gasteiger partial charge in [0.05, 0.1) is 58.7 Å². The molecule has 0 aliphatic rings. The third kappa shape index (κ3) is 8.72. The second-order valence-electron chi connectivity index (χ2n) is 12.5. The van der Waals surface area contributed by atoms with Crippen molar-refractivity contribution in [3.63, 3.8) is 0 Å². The number of hydrogen-bond donors (Lipinski definition) is 1. The lowest BCUT2D eigenvalue weighted by atomic mass is 10.1. The van der Waals surface area contributed by atoms with Crippen LogP contribution in [0.1, 0.15) is 61.3 Å². The number of aryl methyl sites for hydroxylation is 2. The van der Waals surface area contributed by atoms with Crippen molar-refractivity contribution in [3.8, 4) is 23.8 Å². The number of aromatic nitrogens is 8. The summed E-state index contributed by atoms with van der Waals surface area (Å²) in [4.78, 5) is 50.6. The zero-order chi connectivity index (χ0) is 41.9. The highest BCUT2D eigenvalue weighted by atomic mass is 16.6. The molecular formula is C40H38N14O4. The number of pyridine rings is 4. The summed E-state index contributed by atoms with van der Waals surface area (Å²) in [5, 5.41) is 42.6. The molecule has 0 atom stereocenters. The Bertz CT molecular complexity index is 2590. The molecule has 18 nitrogen and oxygen atoms in total. The van der Waals surface area contributed by atoms with E-state index in [4.69, 9.17) is 15.3 Å². The summed E-state index contributed by atoms with van der Waals surface area (Å²) in [5.41, 5.74) is 5.97. The molecule has 18 heteroatoms. The highest BCUT2D eigenvalue weighted by Gasteiger charge is 2.23. The van der Waals surface area contributed by atoms with Crippen LogP contribution in [0.15, 0.2) is 96.3 Å². The average Bonchev–Trinajstić information content (AvgIpc) is 3.82. The van der Waals surface area contributed by atoms with Crippen molar-refractivity contribution in [1.82, 2.24) is 39.5 Å². The van der Waals surface area contributed by atoms with E-state index in [0.717, 1.165) is 5.56 Å². The highest BCUT2D eigenvalue weighted by Crippen LogP contribution is 2.22. The molecule has 0 fully saturated rings. The molecule has 58 heavy (non-hydrogen) atoms. The molecule has 0 aliphatic carbocycles. The van der Waals surface area contributed by atoms with Crippen LogP contribution in [0.4, 0.5) is 11.4 Å². The Kier molecular flexibility index (Phi) is 13.1. The van der Waals surface area contributed by atoms with Gasteiger partial charge in [0, 0.05) is 50.0 Å². The van der Waals surface area contributed by atoms with Gasteiger partial charge in [-0.25, -0.2) is 19.3 Å². The monoisotopic (exact) mass is 778 g/mol. The van der Waals surface area contributed by atoms with Crippen molar-refractivity contribution in [2.45, 2.75) is 34.6 Å². The molecule has 2 amide bonds. The molecule has 0 bridgehead atoms. The van der Waals surface area contributed by atoms with Crippen LogP contribution in [-0.2, 0) is 4.84 Å². The normalized spacial score (nSPS) is 11.1. The molecule has 0 unspecified atom stereocenters. The Hall–Kier alpha value is -8.12. The highest BCUT2D eigenvalue weighted by molar-refractivity contribution is 6.12. The first-order chi connectivity index (χ1) is 27.9. The van der Waals surface area contributed by atoms with Crippen molar-refractivity contribution in [3.05, 3.63) is 131 Å². The van der Waals surface area contributed by atoms with Crippen molar-refractivity contribution in [1.29, 1.82) is 10.5 Å². The largest absolute Gasteiger partial charge is 0.410 e. The smallest absolute Gasteiger partial charge is 0.261 e. The number of amides is 2. The molecular weight excluding hydrogens is 741 g/mol.